The van der Waals surface area contributed by atoms with Gasteiger partial charge in [-0.3, -0.25) is 9.59 Å². The van der Waals surface area contributed by atoms with Gasteiger partial charge in [0.2, 0.25) is 0 Å². The van der Waals surface area contributed by atoms with Gasteiger partial charge in [-0.05, 0) is 58.2 Å². The second-order valence-corrected chi connectivity index (χ2v) is 8.46. The number of ether oxygens (including phenoxy) is 3. The number of rotatable bonds is 9. The van der Waals surface area contributed by atoms with E-state index in [1.165, 1.54) is 7.11 Å². The molecule has 0 saturated heterocycles. The third-order valence-electron chi connectivity index (χ3n) is 5.30. The van der Waals surface area contributed by atoms with Crippen molar-refractivity contribution >= 4 is 17.9 Å². The van der Waals surface area contributed by atoms with Crippen molar-refractivity contribution in [1.29, 1.82) is 0 Å². The zero-order valence-electron chi connectivity index (χ0n) is 18.6. The molecule has 162 valence electrons. The van der Waals surface area contributed by atoms with Gasteiger partial charge < -0.3 is 19.9 Å². The topological polar surface area (TPSA) is 107 Å². The first-order valence-electron chi connectivity index (χ1n) is 9.86. The maximum atomic E-state index is 12.6. The molecule has 1 atom stereocenters. The summed E-state index contributed by atoms with van der Waals surface area (Å²) < 4.78 is 15.9. The first kappa shape index (κ1) is 24.6. The number of esters is 3. The maximum Gasteiger partial charge on any atom is 0.364 e. The minimum Gasteiger partial charge on any atom is -0.465 e. The van der Waals surface area contributed by atoms with Crippen molar-refractivity contribution in [2.45, 2.75) is 66.8 Å². The molecule has 0 bridgehead atoms. The molecule has 0 aliphatic carbocycles. The van der Waals surface area contributed by atoms with E-state index in [1.54, 1.807) is 45.9 Å². The van der Waals surface area contributed by atoms with E-state index >= 15 is 0 Å². The molecule has 0 amide bonds. The first-order valence-corrected chi connectivity index (χ1v) is 9.86. The summed E-state index contributed by atoms with van der Waals surface area (Å²) in [6.45, 7) is 10.9. The minimum atomic E-state index is -0.694. The van der Waals surface area contributed by atoms with Crippen LogP contribution in [0.3, 0.4) is 0 Å². The van der Waals surface area contributed by atoms with E-state index in [0.29, 0.717) is 24.8 Å². The number of carbonyl (C=O) groups is 3. The number of quaternary nitrogens is 1. The number of hydrogen-bond acceptors (Lipinski definition) is 6. The van der Waals surface area contributed by atoms with Crippen LogP contribution in [0.15, 0.2) is 18.2 Å². The predicted octanol–water partition coefficient (Wildman–Crippen LogP) is 2.70. The third-order valence-corrected chi connectivity index (χ3v) is 5.30. The molecular weight excluding hydrogens is 374 g/mol. The zero-order chi connectivity index (χ0) is 22.4. The van der Waals surface area contributed by atoms with Gasteiger partial charge in [-0.2, -0.15) is 0 Å². The number of hydrogen-bond donors (Lipinski definition) is 1. The Balaban J connectivity index is 3.24. The molecule has 0 radical (unpaired) electrons. The molecular formula is C22H34NO6+. The van der Waals surface area contributed by atoms with Gasteiger partial charge in [-0.25, -0.2) is 4.79 Å². The molecule has 0 aliphatic heterocycles. The Hall–Kier alpha value is -2.41. The highest BCUT2D eigenvalue weighted by atomic mass is 16.6. The molecule has 0 aromatic heterocycles. The van der Waals surface area contributed by atoms with Crippen LogP contribution in [0.5, 0.6) is 11.5 Å². The quantitative estimate of drug-likeness (QED) is 0.497. The highest BCUT2D eigenvalue weighted by molar-refractivity contribution is 5.81. The summed E-state index contributed by atoms with van der Waals surface area (Å²) in [5.41, 5.74) is 3.14. The van der Waals surface area contributed by atoms with Gasteiger partial charge in [0.15, 0.2) is 17.5 Å². The average molecular weight is 409 g/mol. The van der Waals surface area contributed by atoms with Crippen molar-refractivity contribution in [3.8, 4) is 11.5 Å². The average Bonchev–Trinajstić information content (AvgIpc) is 2.68. The van der Waals surface area contributed by atoms with Gasteiger partial charge in [0.25, 0.3) is 0 Å². The molecule has 0 spiro atoms. The lowest BCUT2D eigenvalue weighted by atomic mass is 9.90. The molecule has 7 nitrogen and oxygen atoms in total. The van der Waals surface area contributed by atoms with Gasteiger partial charge >= 0.3 is 17.9 Å². The second-order valence-electron chi connectivity index (χ2n) is 8.46. The van der Waals surface area contributed by atoms with Gasteiger partial charge in [-0.1, -0.05) is 19.9 Å². The molecule has 1 aromatic rings. The van der Waals surface area contributed by atoms with Crippen molar-refractivity contribution in [2.75, 3.05) is 7.11 Å². The second kappa shape index (κ2) is 9.87. The van der Waals surface area contributed by atoms with E-state index in [1.807, 2.05) is 13.8 Å². The van der Waals surface area contributed by atoms with Crippen LogP contribution in [-0.4, -0.2) is 31.1 Å². The predicted molar refractivity (Wildman–Crippen MR) is 108 cm³/mol. The van der Waals surface area contributed by atoms with E-state index in [9.17, 15) is 14.4 Å². The maximum absolute atomic E-state index is 12.6. The Morgan fingerprint density at radius 1 is 0.931 bits per heavy atom. The smallest absolute Gasteiger partial charge is 0.364 e. The lowest BCUT2D eigenvalue weighted by Gasteiger charge is -2.23. The van der Waals surface area contributed by atoms with Gasteiger partial charge in [0.1, 0.15) is 0 Å². The summed E-state index contributed by atoms with van der Waals surface area (Å²) in [5.74, 6) is -0.964. The van der Waals surface area contributed by atoms with Crippen LogP contribution >= 0.6 is 0 Å². The molecule has 0 heterocycles. The Kier molecular flexibility index (Phi) is 8.38. The summed E-state index contributed by atoms with van der Waals surface area (Å²) in [5, 5.41) is 0. The van der Waals surface area contributed by atoms with Crippen LogP contribution < -0.4 is 15.2 Å². The van der Waals surface area contributed by atoms with Crippen molar-refractivity contribution in [2.24, 2.45) is 10.8 Å². The van der Waals surface area contributed by atoms with E-state index in [4.69, 9.17) is 14.2 Å². The van der Waals surface area contributed by atoms with E-state index in [2.05, 4.69) is 5.73 Å². The Morgan fingerprint density at radius 3 is 1.86 bits per heavy atom. The van der Waals surface area contributed by atoms with E-state index in [-0.39, 0.29) is 11.5 Å². The third kappa shape index (κ3) is 6.56. The van der Waals surface area contributed by atoms with Crippen molar-refractivity contribution < 1.29 is 34.3 Å². The zero-order valence-corrected chi connectivity index (χ0v) is 18.6. The van der Waals surface area contributed by atoms with Crippen LogP contribution in [-0.2, 0) is 25.5 Å². The Bertz CT molecular complexity index is 754. The normalized spacial score (nSPS) is 12.8. The van der Waals surface area contributed by atoms with Crippen molar-refractivity contribution in [1.82, 2.24) is 0 Å². The SMILES string of the molecule is CCC(C)(C)C(=O)Oc1ccc(CC([NH3+])C(=O)OC)cc1OC(=O)C(C)(C)CC. The summed E-state index contributed by atoms with van der Waals surface area (Å²) in [7, 11) is 1.30. The Labute approximate surface area is 172 Å². The molecule has 1 unspecified atom stereocenters. The van der Waals surface area contributed by atoms with Gasteiger partial charge in [0, 0.05) is 6.42 Å². The molecule has 0 saturated carbocycles. The lowest BCUT2D eigenvalue weighted by Crippen LogP contribution is -2.66. The largest absolute Gasteiger partial charge is 0.465 e. The fourth-order valence-electron chi connectivity index (χ4n) is 2.14. The summed E-state index contributed by atoms with van der Waals surface area (Å²) in [4.78, 5) is 36.8. The van der Waals surface area contributed by atoms with Crippen LogP contribution in [0.4, 0.5) is 0 Å². The van der Waals surface area contributed by atoms with Crippen LogP contribution in [0.25, 0.3) is 0 Å². The van der Waals surface area contributed by atoms with Gasteiger partial charge in [0.05, 0.1) is 17.9 Å². The minimum absolute atomic E-state index is 0.145. The van der Waals surface area contributed by atoms with Crippen LogP contribution in [0.1, 0.15) is 59.9 Å². The van der Waals surface area contributed by atoms with Gasteiger partial charge in [-0.15, -0.1) is 0 Å². The number of carbonyl (C=O) groups excluding carboxylic acids is 3. The molecule has 0 fully saturated rings. The standard InChI is InChI=1S/C22H33NO6/c1-8-21(3,4)19(25)28-16-11-10-14(12-15(23)18(24)27-7)13-17(16)29-20(26)22(5,6)9-2/h10-11,13,15H,8-9,12,23H2,1-7H3/p+1. The molecule has 1 rings (SSSR count). The van der Waals surface area contributed by atoms with Crippen LogP contribution in [0, 0.1) is 10.8 Å². The van der Waals surface area contributed by atoms with E-state index < -0.39 is 34.8 Å². The first-order chi connectivity index (χ1) is 13.4. The van der Waals surface area contributed by atoms with Crippen LogP contribution in [0.2, 0.25) is 0 Å². The van der Waals surface area contributed by atoms with E-state index in [0.717, 1.165) is 0 Å². The molecule has 29 heavy (non-hydrogen) atoms. The number of benzene rings is 1. The molecule has 3 N–H and O–H groups in total. The summed E-state index contributed by atoms with van der Waals surface area (Å²) in [6, 6.07) is 4.28. The molecule has 0 aliphatic rings. The summed E-state index contributed by atoms with van der Waals surface area (Å²) in [6.07, 6.45) is 1.49. The highest BCUT2D eigenvalue weighted by Gasteiger charge is 2.31. The van der Waals surface area contributed by atoms with Crippen molar-refractivity contribution in [3.63, 3.8) is 0 Å². The lowest BCUT2D eigenvalue weighted by molar-refractivity contribution is -0.407. The Morgan fingerprint density at radius 2 is 1.41 bits per heavy atom. The van der Waals surface area contributed by atoms with Crippen molar-refractivity contribution in [3.05, 3.63) is 23.8 Å². The fourth-order valence-corrected chi connectivity index (χ4v) is 2.14. The fraction of sp³-hybridized carbons (Fsp3) is 0.591. The summed E-state index contributed by atoms with van der Waals surface area (Å²) >= 11 is 0. The number of methoxy groups -OCH3 is 1. The monoisotopic (exact) mass is 408 g/mol. The highest BCUT2D eigenvalue weighted by Crippen LogP contribution is 2.34. The molecule has 7 heteroatoms. The molecule has 1 aromatic carbocycles.